The fourth-order valence-corrected chi connectivity index (χ4v) is 3.25. The maximum absolute atomic E-state index is 11.4. The predicted molar refractivity (Wildman–Crippen MR) is 58.0 cm³/mol. The van der Waals surface area contributed by atoms with Gasteiger partial charge in [0.1, 0.15) is 5.60 Å². The van der Waals surface area contributed by atoms with Crippen molar-refractivity contribution in [2.75, 3.05) is 26.3 Å². The molecule has 2 fully saturated rings. The molecular weight excluding hydrogens is 232 g/mol. The molecule has 6 nitrogen and oxygen atoms in total. The van der Waals surface area contributed by atoms with Gasteiger partial charge >= 0.3 is 0 Å². The second-order valence-electron chi connectivity index (χ2n) is 4.61. The molecule has 0 radical (unpaired) electrons. The summed E-state index contributed by atoms with van der Waals surface area (Å²) in [4.78, 5) is 0. The summed E-state index contributed by atoms with van der Waals surface area (Å²) < 4.78 is 35.3. The van der Waals surface area contributed by atoms with Gasteiger partial charge in [-0.15, -0.1) is 0 Å². The highest BCUT2D eigenvalue weighted by atomic mass is 32.2. The minimum atomic E-state index is -3.64. The van der Waals surface area contributed by atoms with Gasteiger partial charge in [-0.2, -0.15) is 12.7 Å². The van der Waals surface area contributed by atoms with Crippen molar-refractivity contribution in [3.8, 4) is 0 Å². The van der Waals surface area contributed by atoms with E-state index in [1.54, 1.807) is 0 Å². The lowest BCUT2D eigenvalue weighted by atomic mass is 9.94. The van der Waals surface area contributed by atoms with E-state index in [2.05, 4.69) is 0 Å². The van der Waals surface area contributed by atoms with Gasteiger partial charge in [-0.25, -0.2) is 5.14 Å². The molecule has 0 bridgehead atoms. The van der Waals surface area contributed by atoms with Crippen molar-refractivity contribution in [3.63, 3.8) is 0 Å². The van der Waals surface area contributed by atoms with Crippen LogP contribution in [0.3, 0.4) is 0 Å². The molecule has 94 valence electrons. The molecule has 0 aromatic carbocycles. The number of nitrogens with two attached hydrogens (primary N) is 1. The van der Waals surface area contributed by atoms with Crippen LogP contribution in [-0.2, 0) is 19.7 Å². The summed E-state index contributed by atoms with van der Waals surface area (Å²) in [7, 11) is -3.64. The van der Waals surface area contributed by atoms with Crippen molar-refractivity contribution in [2.45, 2.75) is 31.5 Å². The molecular formula is C9H18N2O4S. The van der Waals surface area contributed by atoms with Crippen LogP contribution >= 0.6 is 0 Å². The Balaban J connectivity index is 2.16. The van der Waals surface area contributed by atoms with E-state index in [0.29, 0.717) is 19.7 Å². The molecule has 2 aliphatic heterocycles. The Labute approximate surface area is 95.9 Å². The smallest absolute Gasteiger partial charge is 0.277 e. The quantitative estimate of drug-likeness (QED) is 0.677. The van der Waals surface area contributed by atoms with Gasteiger partial charge in [0.15, 0.2) is 0 Å². The van der Waals surface area contributed by atoms with E-state index >= 15 is 0 Å². The van der Waals surface area contributed by atoms with Crippen molar-refractivity contribution in [3.05, 3.63) is 0 Å². The fraction of sp³-hybridized carbons (Fsp3) is 1.00. The van der Waals surface area contributed by atoms with Crippen molar-refractivity contribution >= 4 is 10.2 Å². The molecule has 2 N–H and O–H groups in total. The molecule has 7 heteroatoms. The van der Waals surface area contributed by atoms with Gasteiger partial charge in [-0.1, -0.05) is 0 Å². The largest absolute Gasteiger partial charge is 0.378 e. The normalized spacial score (nSPS) is 37.8. The number of morpholine rings is 1. The van der Waals surface area contributed by atoms with Crippen molar-refractivity contribution in [1.29, 1.82) is 0 Å². The number of nitrogens with zero attached hydrogens (tertiary/aromatic N) is 1. The van der Waals surface area contributed by atoms with Crippen LogP contribution in [0, 0.1) is 0 Å². The Bertz CT molecular complexity index is 351. The van der Waals surface area contributed by atoms with Gasteiger partial charge in [0.25, 0.3) is 10.2 Å². The predicted octanol–water partition coefficient (Wildman–Crippen LogP) is -0.540. The number of ether oxygens (including phenoxy) is 2. The van der Waals surface area contributed by atoms with Crippen LogP contribution in [0.25, 0.3) is 0 Å². The summed E-state index contributed by atoms with van der Waals surface area (Å²) in [6.45, 7) is 3.64. The molecule has 0 unspecified atom stereocenters. The lowest BCUT2D eigenvalue weighted by molar-refractivity contribution is -0.183. The number of hydrogen-bond donors (Lipinski definition) is 1. The molecule has 0 amide bonds. The highest BCUT2D eigenvalue weighted by Crippen LogP contribution is 2.30. The average molecular weight is 250 g/mol. The zero-order valence-corrected chi connectivity index (χ0v) is 10.2. The average Bonchev–Trinajstić information content (AvgIpc) is 2.16. The van der Waals surface area contributed by atoms with Crippen LogP contribution in [0.4, 0.5) is 0 Å². The van der Waals surface area contributed by atoms with Crippen molar-refractivity contribution in [2.24, 2.45) is 5.14 Å². The second kappa shape index (κ2) is 4.23. The van der Waals surface area contributed by atoms with E-state index in [1.807, 2.05) is 6.92 Å². The third-order valence-electron chi connectivity index (χ3n) is 3.02. The Morgan fingerprint density at radius 2 is 2.25 bits per heavy atom. The van der Waals surface area contributed by atoms with E-state index in [-0.39, 0.29) is 6.10 Å². The molecule has 2 rings (SSSR count). The summed E-state index contributed by atoms with van der Waals surface area (Å²) in [5.74, 6) is 0. The van der Waals surface area contributed by atoms with Crippen LogP contribution < -0.4 is 5.14 Å². The lowest BCUT2D eigenvalue weighted by Gasteiger charge is -2.46. The van der Waals surface area contributed by atoms with E-state index in [1.165, 1.54) is 4.31 Å². The first kappa shape index (κ1) is 12.3. The highest BCUT2D eigenvalue weighted by molar-refractivity contribution is 7.86. The van der Waals surface area contributed by atoms with Crippen LogP contribution in [0.2, 0.25) is 0 Å². The molecule has 0 aliphatic carbocycles. The van der Waals surface area contributed by atoms with Crippen molar-refractivity contribution in [1.82, 2.24) is 4.31 Å². The molecule has 16 heavy (non-hydrogen) atoms. The summed E-state index contributed by atoms with van der Waals surface area (Å²) in [5.41, 5.74) is -0.498. The molecule has 0 aromatic rings. The first-order chi connectivity index (χ1) is 7.41. The Kier molecular flexibility index (Phi) is 3.24. The number of rotatable bonds is 1. The zero-order valence-electron chi connectivity index (χ0n) is 9.39. The van der Waals surface area contributed by atoms with Crippen LogP contribution in [0.1, 0.15) is 19.8 Å². The van der Waals surface area contributed by atoms with E-state index < -0.39 is 15.8 Å². The van der Waals surface area contributed by atoms with E-state index in [4.69, 9.17) is 14.6 Å². The first-order valence-corrected chi connectivity index (χ1v) is 6.95. The fourth-order valence-electron chi connectivity index (χ4n) is 2.41. The second-order valence-corrected chi connectivity index (χ2v) is 6.15. The monoisotopic (exact) mass is 250 g/mol. The van der Waals surface area contributed by atoms with E-state index in [9.17, 15) is 8.42 Å². The lowest BCUT2D eigenvalue weighted by Crippen LogP contribution is -2.60. The SMILES string of the molecule is C[C@@H]1CN(S(N)(=O)=O)C[C@@]2(CCCOC2)O1. The summed E-state index contributed by atoms with van der Waals surface area (Å²) in [6, 6.07) is 0. The Hall–Kier alpha value is -0.210. The molecule has 0 aromatic heterocycles. The molecule has 0 saturated carbocycles. The molecule has 2 aliphatic rings. The number of hydrogen-bond acceptors (Lipinski definition) is 4. The Morgan fingerprint density at radius 3 is 2.81 bits per heavy atom. The van der Waals surface area contributed by atoms with Crippen molar-refractivity contribution < 1.29 is 17.9 Å². The topological polar surface area (TPSA) is 81.9 Å². The first-order valence-electron chi connectivity index (χ1n) is 5.45. The molecule has 2 saturated heterocycles. The van der Waals surface area contributed by atoms with Crippen LogP contribution in [0.5, 0.6) is 0 Å². The highest BCUT2D eigenvalue weighted by Gasteiger charge is 2.43. The molecule has 2 heterocycles. The Morgan fingerprint density at radius 1 is 1.50 bits per heavy atom. The standard InChI is InChI=1S/C9H18N2O4S/c1-8-5-11(16(10,12)13)6-9(15-8)3-2-4-14-7-9/h8H,2-7H2,1H3,(H2,10,12,13)/t8-,9-/m1/s1. The van der Waals surface area contributed by atoms with Gasteiger partial charge in [0.05, 0.1) is 12.7 Å². The van der Waals surface area contributed by atoms with Gasteiger partial charge in [0.2, 0.25) is 0 Å². The minimum absolute atomic E-state index is 0.145. The van der Waals surface area contributed by atoms with E-state index in [0.717, 1.165) is 19.4 Å². The summed E-state index contributed by atoms with van der Waals surface area (Å²) >= 11 is 0. The molecule has 1 spiro atoms. The summed E-state index contributed by atoms with van der Waals surface area (Å²) in [5, 5.41) is 5.16. The van der Waals surface area contributed by atoms with Gasteiger partial charge in [-0.3, -0.25) is 0 Å². The third-order valence-corrected chi connectivity index (χ3v) is 4.02. The van der Waals surface area contributed by atoms with Gasteiger partial charge in [-0.05, 0) is 19.8 Å². The maximum atomic E-state index is 11.4. The maximum Gasteiger partial charge on any atom is 0.277 e. The third kappa shape index (κ3) is 2.54. The van der Waals surface area contributed by atoms with Crippen LogP contribution in [0.15, 0.2) is 0 Å². The zero-order chi connectivity index (χ0) is 11.8. The minimum Gasteiger partial charge on any atom is -0.378 e. The molecule has 2 atom stereocenters. The van der Waals surface area contributed by atoms with Gasteiger partial charge < -0.3 is 9.47 Å². The van der Waals surface area contributed by atoms with Crippen LogP contribution in [-0.4, -0.2) is 50.7 Å². The van der Waals surface area contributed by atoms with Gasteiger partial charge in [0, 0.05) is 19.7 Å². The summed E-state index contributed by atoms with van der Waals surface area (Å²) in [6.07, 6.45) is 1.57.